The molecule has 1 fully saturated rings. The molecule has 8 heteroatoms. The lowest BCUT2D eigenvalue weighted by molar-refractivity contribution is -0.132. The molecule has 1 aliphatic heterocycles. The smallest absolute Gasteiger partial charge is 0.300 e. The third-order valence-electron chi connectivity index (χ3n) is 7.01. The van der Waals surface area contributed by atoms with Crippen molar-refractivity contribution in [2.75, 3.05) is 17.3 Å². The number of aliphatic hydroxyl groups is 1. The Balaban J connectivity index is 1.55. The monoisotopic (exact) mass is 562 g/mol. The summed E-state index contributed by atoms with van der Waals surface area (Å²) < 4.78 is 11.4. The van der Waals surface area contributed by atoms with E-state index in [-0.39, 0.29) is 17.2 Å². The second kappa shape index (κ2) is 12.0. The van der Waals surface area contributed by atoms with Gasteiger partial charge in [-0.05, 0) is 78.2 Å². The van der Waals surface area contributed by atoms with E-state index in [0.717, 1.165) is 11.1 Å². The Kier molecular flexibility index (Phi) is 8.06. The molecule has 0 saturated carbocycles. The van der Waals surface area contributed by atoms with Gasteiger partial charge in [0.2, 0.25) is 5.91 Å². The van der Waals surface area contributed by atoms with Crippen LogP contribution in [0.1, 0.15) is 35.2 Å². The molecule has 8 nitrogen and oxygen atoms in total. The van der Waals surface area contributed by atoms with Gasteiger partial charge in [0.1, 0.15) is 23.9 Å². The summed E-state index contributed by atoms with van der Waals surface area (Å²) in [6.45, 7) is 3.64. The van der Waals surface area contributed by atoms with Gasteiger partial charge in [-0.2, -0.15) is 0 Å². The van der Waals surface area contributed by atoms with Crippen molar-refractivity contribution in [1.82, 2.24) is 0 Å². The predicted octanol–water partition coefficient (Wildman–Crippen LogP) is 6.17. The van der Waals surface area contributed by atoms with Gasteiger partial charge in [-0.1, -0.05) is 42.5 Å². The number of hydrogen-bond acceptors (Lipinski definition) is 6. The first-order valence-electron chi connectivity index (χ1n) is 13.4. The summed E-state index contributed by atoms with van der Waals surface area (Å²) in [6.07, 6.45) is 0. The number of hydrogen-bond donors (Lipinski definition) is 2. The summed E-state index contributed by atoms with van der Waals surface area (Å²) in [4.78, 5) is 39.9. The van der Waals surface area contributed by atoms with Gasteiger partial charge in [0, 0.05) is 23.9 Å². The molecular formula is C34H30N2O6. The maximum atomic E-state index is 13.5. The number of methoxy groups -OCH3 is 1. The maximum Gasteiger partial charge on any atom is 0.300 e. The highest BCUT2D eigenvalue weighted by atomic mass is 16.5. The van der Waals surface area contributed by atoms with Crippen LogP contribution in [0.15, 0.2) is 103 Å². The third kappa shape index (κ3) is 5.74. The first-order valence-corrected chi connectivity index (χ1v) is 13.4. The van der Waals surface area contributed by atoms with Crippen LogP contribution in [0.25, 0.3) is 5.76 Å². The fourth-order valence-corrected chi connectivity index (χ4v) is 4.98. The van der Waals surface area contributed by atoms with E-state index < -0.39 is 17.7 Å². The number of benzene rings is 4. The summed E-state index contributed by atoms with van der Waals surface area (Å²) in [5, 5.41) is 14.2. The van der Waals surface area contributed by atoms with Crippen LogP contribution in [0.4, 0.5) is 11.4 Å². The molecule has 212 valence electrons. The zero-order valence-electron chi connectivity index (χ0n) is 23.5. The Hall–Kier alpha value is -5.37. The van der Waals surface area contributed by atoms with Crippen LogP contribution in [0.5, 0.6) is 11.5 Å². The molecule has 0 spiro atoms. The van der Waals surface area contributed by atoms with Gasteiger partial charge >= 0.3 is 0 Å². The normalized spacial score (nSPS) is 15.9. The molecule has 1 aliphatic rings. The Morgan fingerprint density at radius 2 is 1.67 bits per heavy atom. The lowest BCUT2D eigenvalue weighted by atomic mass is 9.94. The van der Waals surface area contributed by atoms with E-state index in [2.05, 4.69) is 5.32 Å². The number of carbonyl (C=O) groups is 3. The Morgan fingerprint density at radius 1 is 0.929 bits per heavy atom. The van der Waals surface area contributed by atoms with Crippen LogP contribution >= 0.6 is 0 Å². The van der Waals surface area contributed by atoms with Crippen molar-refractivity contribution in [2.24, 2.45) is 0 Å². The SMILES string of the molecule is COc1cccc(C2/C(=C(/O)c3ccc(OCc4ccccc4)c(C)c3)C(=O)C(=O)N2c2ccc(NC(C)=O)cc2)c1. The fraction of sp³-hybridized carbons (Fsp3) is 0.147. The van der Waals surface area contributed by atoms with Gasteiger partial charge in [-0.15, -0.1) is 0 Å². The number of ether oxygens (including phenoxy) is 2. The minimum absolute atomic E-state index is 0.0449. The van der Waals surface area contributed by atoms with Crippen molar-refractivity contribution in [1.29, 1.82) is 0 Å². The number of nitrogens with zero attached hydrogens (tertiary/aromatic N) is 1. The molecule has 0 bridgehead atoms. The van der Waals surface area contributed by atoms with Gasteiger partial charge in [0.25, 0.3) is 11.7 Å². The zero-order valence-corrected chi connectivity index (χ0v) is 23.5. The van der Waals surface area contributed by atoms with Crippen LogP contribution in [0.3, 0.4) is 0 Å². The van der Waals surface area contributed by atoms with Crippen LogP contribution in [0, 0.1) is 6.92 Å². The van der Waals surface area contributed by atoms with E-state index >= 15 is 0 Å². The number of Topliss-reactive ketones (excluding diaryl/α,β-unsaturated/α-hetero) is 1. The highest BCUT2D eigenvalue weighted by Crippen LogP contribution is 2.43. The zero-order chi connectivity index (χ0) is 29.8. The Labute approximate surface area is 243 Å². The van der Waals surface area contributed by atoms with Crippen molar-refractivity contribution >= 4 is 34.7 Å². The number of amides is 2. The number of ketones is 1. The third-order valence-corrected chi connectivity index (χ3v) is 7.01. The molecule has 2 N–H and O–H groups in total. The fourth-order valence-electron chi connectivity index (χ4n) is 4.98. The molecule has 0 aromatic heterocycles. The highest BCUT2D eigenvalue weighted by molar-refractivity contribution is 6.51. The molecule has 1 heterocycles. The Bertz CT molecular complexity index is 1680. The van der Waals surface area contributed by atoms with Crippen molar-refractivity contribution in [2.45, 2.75) is 26.5 Å². The standard InChI is InChI=1S/C34H30N2O6/c1-21-18-25(12-17-29(21)42-20-23-8-5-4-6-9-23)32(38)30-31(24-10-7-11-28(19-24)41-3)36(34(40)33(30)39)27-15-13-26(14-16-27)35-22(2)37/h4-19,31,38H,20H2,1-3H3,(H,35,37)/b32-30-. The summed E-state index contributed by atoms with van der Waals surface area (Å²) in [5.74, 6) is -0.943. The van der Waals surface area contributed by atoms with Crippen molar-refractivity contribution in [3.05, 3.63) is 125 Å². The number of carbonyl (C=O) groups excluding carboxylic acids is 3. The summed E-state index contributed by atoms with van der Waals surface area (Å²) in [7, 11) is 1.53. The molecule has 1 saturated heterocycles. The number of aryl methyl sites for hydroxylation is 1. The number of rotatable bonds is 8. The first-order chi connectivity index (χ1) is 20.3. The molecule has 1 unspecified atom stereocenters. The van der Waals surface area contributed by atoms with E-state index in [4.69, 9.17) is 9.47 Å². The van der Waals surface area contributed by atoms with Crippen molar-refractivity contribution in [3.8, 4) is 11.5 Å². The molecule has 1 atom stereocenters. The molecule has 4 aromatic carbocycles. The molecule has 0 radical (unpaired) electrons. The second-order valence-corrected chi connectivity index (χ2v) is 9.93. The summed E-state index contributed by atoms with van der Waals surface area (Å²) >= 11 is 0. The van der Waals surface area contributed by atoms with Crippen LogP contribution in [-0.2, 0) is 21.0 Å². The molecule has 42 heavy (non-hydrogen) atoms. The average Bonchev–Trinajstić information content (AvgIpc) is 3.26. The van der Waals surface area contributed by atoms with E-state index in [1.165, 1.54) is 18.9 Å². The summed E-state index contributed by atoms with van der Waals surface area (Å²) in [5.41, 5.74) is 3.68. The Morgan fingerprint density at radius 3 is 2.33 bits per heavy atom. The van der Waals surface area contributed by atoms with Crippen LogP contribution in [-0.4, -0.2) is 29.8 Å². The first kappa shape index (κ1) is 28.2. The van der Waals surface area contributed by atoms with Crippen LogP contribution in [0.2, 0.25) is 0 Å². The number of anilines is 2. The van der Waals surface area contributed by atoms with Crippen molar-refractivity contribution in [3.63, 3.8) is 0 Å². The van der Waals surface area contributed by atoms with Crippen molar-refractivity contribution < 1.29 is 29.0 Å². The van der Waals surface area contributed by atoms with E-state index in [9.17, 15) is 19.5 Å². The molecule has 5 rings (SSSR count). The lowest BCUT2D eigenvalue weighted by Gasteiger charge is -2.26. The van der Waals surface area contributed by atoms with Gasteiger partial charge in [-0.25, -0.2) is 0 Å². The number of nitrogens with one attached hydrogen (secondary N) is 1. The second-order valence-electron chi connectivity index (χ2n) is 9.93. The van der Waals surface area contributed by atoms with Gasteiger partial charge < -0.3 is 19.9 Å². The molecule has 0 aliphatic carbocycles. The molecular weight excluding hydrogens is 532 g/mol. The van der Waals surface area contributed by atoms with Gasteiger partial charge in [-0.3, -0.25) is 19.3 Å². The average molecular weight is 563 g/mol. The quantitative estimate of drug-likeness (QED) is 0.151. The number of aliphatic hydroxyl groups excluding tert-OH is 1. The van der Waals surface area contributed by atoms with Gasteiger partial charge in [0.05, 0.1) is 18.7 Å². The minimum atomic E-state index is -0.930. The van der Waals surface area contributed by atoms with E-state index in [0.29, 0.717) is 40.6 Å². The molecule has 2 amide bonds. The summed E-state index contributed by atoms with van der Waals surface area (Å²) in [6, 6.07) is 27.6. The predicted molar refractivity (Wildman–Crippen MR) is 160 cm³/mol. The highest BCUT2D eigenvalue weighted by Gasteiger charge is 2.47. The minimum Gasteiger partial charge on any atom is -0.507 e. The largest absolute Gasteiger partial charge is 0.507 e. The lowest BCUT2D eigenvalue weighted by Crippen LogP contribution is -2.29. The maximum absolute atomic E-state index is 13.5. The van der Waals surface area contributed by atoms with E-state index in [1.54, 1.807) is 66.7 Å². The van der Waals surface area contributed by atoms with Crippen LogP contribution < -0.4 is 19.7 Å². The van der Waals surface area contributed by atoms with E-state index in [1.807, 2.05) is 37.3 Å². The topological polar surface area (TPSA) is 105 Å². The molecule has 4 aromatic rings. The van der Waals surface area contributed by atoms with Gasteiger partial charge in [0.15, 0.2) is 0 Å².